The van der Waals surface area contributed by atoms with E-state index in [1.54, 1.807) is 24.3 Å². The summed E-state index contributed by atoms with van der Waals surface area (Å²) in [4.78, 5) is 13.5. The van der Waals surface area contributed by atoms with Crippen molar-refractivity contribution >= 4 is 5.91 Å². The van der Waals surface area contributed by atoms with Crippen LogP contribution >= 0.6 is 0 Å². The maximum atomic E-state index is 11.1. The molecule has 0 spiro atoms. The highest BCUT2D eigenvalue weighted by Crippen LogP contribution is 2.44. The molecule has 2 aliphatic rings. The predicted octanol–water partition coefficient (Wildman–Crippen LogP) is 2.43. The molecule has 0 unspecified atom stereocenters. The molecule has 1 aliphatic heterocycles. The number of amides is 1. The van der Waals surface area contributed by atoms with Crippen molar-refractivity contribution in [2.24, 2.45) is 17.6 Å². The zero-order chi connectivity index (χ0) is 17.9. The fraction of sp³-hybridized carbons (Fsp3) is 0.650. The van der Waals surface area contributed by atoms with Gasteiger partial charge in [-0.05, 0) is 55.9 Å². The Hall–Kier alpha value is -1.59. The summed E-state index contributed by atoms with van der Waals surface area (Å²) in [6.45, 7) is 5.90. The monoisotopic (exact) mass is 346 g/mol. The van der Waals surface area contributed by atoms with Gasteiger partial charge in [-0.3, -0.25) is 4.79 Å². The van der Waals surface area contributed by atoms with Gasteiger partial charge in [0, 0.05) is 31.1 Å². The van der Waals surface area contributed by atoms with Crippen molar-refractivity contribution in [2.75, 3.05) is 26.2 Å². The zero-order valence-electron chi connectivity index (χ0n) is 15.1. The summed E-state index contributed by atoms with van der Waals surface area (Å²) in [5, 5.41) is 10.9. The summed E-state index contributed by atoms with van der Waals surface area (Å²) in [6, 6.07) is 6.94. The lowest BCUT2D eigenvalue weighted by molar-refractivity contribution is -0.0612. The van der Waals surface area contributed by atoms with E-state index >= 15 is 0 Å². The van der Waals surface area contributed by atoms with Crippen LogP contribution in [0.5, 0.6) is 5.75 Å². The number of carbonyl (C=O) groups is 1. The van der Waals surface area contributed by atoms with Crippen molar-refractivity contribution in [3.05, 3.63) is 29.8 Å². The van der Waals surface area contributed by atoms with E-state index in [-0.39, 0.29) is 0 Å². The van der Waals surface area contributed by atoms with Crippen LogP contribution < -0.4 is 10.5 Å². The van der Waals surface area contributed by atoms with Gasteiger partial charge in [0.05, 0.1) is 12.2 Å². The molecule has 0 radical (unpaired) electrons. The molecule has 5 heteroatoms. The molecular formula is C20H30N2O3. The Balaban J connectivity index is 1.42. The number of fused-ring (bicyclic) bond motifs is 1. The van der Waals surface area contributed by atoms with E-state index in [9.17, 15) is 9.90 Å². The van der Waals surface area contributed by atoms with E-state index < -0.39 is 11.5 Å². The molecule has 1 saturated carbocycles. The molecule has 138 valence electrons. The highest BCUT2D eigenvalue weighted by Gasteiger charge is 2.47. The normalized spacial score (nSPS) is 29.4. The molecule has 3 atom stereocenters. The third-order valence-electron chi connectivity index (χ3n) is 6.03. The fourth-order valence-electron chi connectivity index (χ4n) is 4.53. The fourth-order valence-corrected chi connectivity index (χ4v) is 4.53. The number of nitrogens with zero attached hydrogens (tertiary/aromatic N) is 1. The van der Waals surface area contributed by atoms with Gasteiger partial charge < -0.3 is 20.5 Å². The van der Waals surface area contributed by atoms with Crippen LogP contribution in [0.2, 0.25) is 0 Å². The van der Waals surface area contributed by atoms with Crippen LogP contribution in [0.1, 0.15) is 49.4 Å². The summed E-state index contributed by atoms with van der Waals surface area (Å²) in [5.41, 5.74) is 5.28. The van der Waals surface area contributed by atoms with Crippen molar-refractivity contribution in [1.82, 2.24) is 4.90 Å². The van der Waals surface area contributed by atoms with Gasteiger partial charge in [-0.2, -0.15) is 0 Å². The molecule has 1 saturated heterocycles. The highest BCUT2D eigenvalue weighted by atomic mass is 16.5. The minimum atomic E-state index is -0.448. The number of aliphatic hydroxyl groups is 1. The molecule has 1 heterocycles. The van der Waals surface area contributed by atoms with Crippen molar-refractivity contribution in [1.29, 1.82) is 0 Å². The maximum absolute atomic E-state index is 11.1. The number of ether oxygens (including phenoxy) is 1. The van der Waals surface area contributed by atoms with Crippen LogP contribution in [0.3, 0.4) is 0 Å². The SMILES string of the molecule is CC[C@]1(O)CCC[C@H]2CN(CCCOc3ccc(C(N)=O)cc3)C[C@H]21. The zero-order valence-corrected chi connectivity index (χ0v) is 15.1. The topological polar surface area (TPSA) is 75.8 Å². The van der Waals surface area contributed by atoms with Gasteiger partial charge in [-0.1, -0.05) is 13.3 Å². The Morgan fingerprint density at radius 2 is 2.12 bits per heavy atom. The smallest absolute Gasteiger partial charge is 0.248 e. The van der Waals surface area contributed by atoms with Gasteiger partial charge in [-0.25, -0.2) is 0 Å². The summed E-state index contributed by atoms with van der Waals surface area (Å²) >= 11 is 0. The van der Waals surface area contributed by atoms with Crippen LogP contribution in [0.4, 0.5) is 0 Å². The van der Waals surface area contributed by atoms with Crippen LogP contribution in [0, 0.1) is 11.8 Å². The average Bonchev–Trinajstić information content (AvgIpc) is 3.04. The first-order valence-corrected chi connectivity index (χ1v) is 9.49. The molecule has 1 aromatic rings. The number of rotatable bonds is 7. The highest BCUT2D eigenvalue weighted by molar-refractivity contribution is 5.92. The first-order valence-electron chi connectivity index (χ1n) is 9.49. The molecule has 1 aromatic carbocycles. The maximum Gasteiger partial charge on any atom is 0.248 e. The van der Waals surface area contributed by atoms with Crippen LogP contribution in [-0.2, 0) is 0 Å². The summed E-state index contributed by atoms with van der Waals surface area (Å²) in [7, 11) is 0. The third kappa shape index (κ3) is 4.15. The van der Waals surface area contributed by atoms with Gasteiger partial charge in [0.15, 0.2) is 0 Å². The second-order valence-electron chi connectivity index (χ2n) is 7.57. The number of primary amides is 1. The van der Waals surface area contributed by atoms with Gasteiger partial charge >= 0.3 is 0 Å². The number of benzene rings is 1. The second-order valence-corrected chi connectivity index (χ2v) is 7.57. The lowest BCUT2D eigenvalue weighted by Gasteiger charge is -2.40. The molecule has 1 amide bonds. The van der Waals surface area contributed by atoms with Gasteiger partial charge in [0.1, 0.15) is 5.75 Å². The van der Waals surface area contributed by atoms with E-state index in [2.05, 4.69) is 11.8 Å². The minimum absolute atomic E-state index is 0.422. The molecule has 5 nitrogen and oxygen atoms in total. The Kier molecular flexibility index (Phi) is 5.64. The number of hydrogen-bond acceptors (Lipinski definition) is 4. The summed E-state index contributed by atoms with van der Waals surface area (Å²) in [6.07, 6.45) is 5.20. The molecule has 3 N–H and O–H groups in total. The third-order valence-corrected chi connectivity index (χ3v) is 6.03. The Morgan fingerprint density at radius 1 is 1.36 bits per heavy atom. The Labute approximate surface area is 150 Å². The molecule has 2 fully saturated rings. The van der Waals surface area contributed by atoms with Crippen LogP contribution in [0.25, 0.3) is 0 Å². The Morgan fingerprint density at radius 3 is 2.80 bits per heavy atom. The van der Waals surface area contributed by atoms with Crippen LogP contribution in [0.15, 0.2) is 24.3 Å². The number of likely N-dealkylation sites (tertiary alicyclic amines) is 1. The van der Waals surface area contributed by atoms with E-state index in [1.165, 1.54) is 6.42 Å². The molecule has 25 heavy (non-hydrogen) atoms. The summed E-state index contributed by atoms with van der Waals surface area (Å²) < 4.78 is 5.75. The quantitative estimate of drug-likeness (QED) is 0.744. The molecule has 1 aliphatic carbocycles. The first kappa shape index (κ1) is 18.2. The van der Waals surface area contributed by atoms with Crippen molar-refractivity contribution in [3.63, 3.8) is 0 Å². The molecule has 0 aromatic heterocycles. The van der Waals surface area contributed by atoms with Gasteiger partial charge in [-0.15, -0.1) is 0 Å². The lowest BCUT2D eigenvalue weighted by Crippen LogP contribution is -2.44. The number of nitrogens with two attached hydrogens (primary N) is 1. The summed E-state index contributed by atoms with van der Waals surface area (Å²) in [5.74, 6) is 1.43. The van der Waals surface area contributed by atoms with Crippen molar-refractivity contribution in [3.8, 4) is 5.75 Å². The standard InChI is InChI=1S/C20H30N2O3/c1-2-20(24)10-3-5-16-13-22(14-18(16)20)11-4-12-25-17-8-6-15(7-9-17)19(21)23/h6-9,16,18,24H,2-5,10-14H2,1H3,(H2,21,23)/t16-,18+,20-/m0/s1. The molecule has 3 rings (SSSR count). The lowest BCUT2D eigenvalue weighted by atomic mass is 9.69. The second kappa shape index (κ2) is 7.75. The van der Waals surface area contributed by atoms with Crippen molar-refractivity contribution in [2.45, 2.75) is 44.6 Å². The van der Waals surface area contributed by atoms with Gasteiger partial charge in [0.25, 0.3) is 0 Å². The number of hydrogen-bond donors (Lipinski definition) is 2. The van der Waals surface area contributed by atoms with Crippen LogP contribution in [-0.4, -0.2) is 47.8 Å². The molecule has 0 bridgehead atoms. The molecular weight excluding hydrogens is 316 g/mol. The number of carbonyl (C=O) groups excluding carboxylic acids is 1. The largest absolute Gasteiger partial charge is 0.494 e. The Bertz CT molecular complexity index is 589. The van der Waals surface area contributed by atoms with Crippen molar-refractivity contribution < 1.29 is 14.6 Å². The predicted molar refractivity (Wildman–Crippen MR) is 97.6 cm³/mol. The van der Waals surface area contributed by atoms with E-state index in [0.29, 0.717) is 24.0 Å². The van der Waals surface area contributed by atoms with E-state index in [4.69, 9.17) is 10.5 Å². The first-order chi connectivity index (χ1) is 12.0. The van der Waals surface area contributed by atoms with Gasteiger partial charge in [0.2, 0.25) is 5.91 Å². The average molecular weight is 346 g/mol. The van der Waals surface area contributed by atoms with E-state index in [1.807, 2.05) is 0 Å². The van der Waals surface area contributed by atoms with E-state index in [0.717, 1.165) is 51.1 Å². The minimum Gasteiger partial charge on any atom is -0.494 e.